The van der Waals surface area contributed by atoms with Gasteiger partial charge in [0.2, 0.25) is 5.91 Å². The summed E-state index contributed by atoms with van der Waals surface area (Å²) in [5.41, 5.74) is 0.614. The molecule has 3 aliphatic heterocycles. The summed E-state index contributed by atoms with van der Waals surface area (Å²) in [7, 11) is 0. The summed E-state index contributed by atoms with van der Waals surface area (Å²) in [6.45, 7) is 0.439. The average molecular weight is 470 g/mol. The van der Waals surface area contributed by atoms with E-state index < -0.39 is 6.04 Å². The number of likely N-dealkylation sites (tertiary alicyclic amines) is 1. The molecule has 3 saturated heterocycles. The molecule has 0 saturated carbocycles. The molecule has 0 aliphatic carbocycles. The van der Waals surface area contributed by atoms with Crippen molar-refractivity contribution in [3.05, 3.63) is 66.5 Å². The van der Waals surface area contributed by atoms with Crippen molar-refractivity contribution in [3.63, 3.8) is 0 Å². The molecule has 6 rings (SSSR count). The number of urea groups is 1. The number of nitriles is 1. The van der Waals surface area contributed by atoms with Crippen molar-refractivity contribution in [1.82, 2.24) is 14.8 Å². The monoisotopic (exact) mass is 469 g/mol. The molecule has 1 aromatic heterocycles. The molecule has 2 aromatic carbocycles. The topological polar surface area (TPSA) is 97.6 Å². The Morgan fingerprint density at radius 1 is 1.09 bits per heavy atom. The van der Waals surface area contributed by atoms with E-state index in [1.807, 2.05) is 30.3 Å². The summed E-state index contributed by atoms with van der Waals surface area (Å²) in [6.07, 6.45) is 2.03. The van der Waals surface area contributed by atoms with Crippen LogP contribution in [0.1, 0.15) is 12.1 Å². The van der Waals surface area contributed by atoms with Gasteiger partial charge in [-0.05, 0) is 18.6 Å². The molecule has 3 aromatic rings. The first-order valence-corrected chi connectivity index (χ1v) is 12.0. The zero-order chi connectivity index (χ0) is 23.4. The van der Waals surface area contributed by atoms with E-state index in [0.29, 0.717) is 29.4 Å². The molecule has 3 aliphatic rings. The molecule has 34 heavy (non-hydrogen) atoms. The number of nitrogens with zero attached hydrogens (tertiary/aromatic N) is 5. The van der Waals surface area contributed by atoms with E-state index in [1.54, 1.807) is 34.1 Å². The van der Waals surface area contributed by atoms with Gasteiger partial charge in [0.05, 0.1) is 29.7 Å². The minimum Gasteiger partial charge on any atom is -0.334 e. The smallest absolute Gasteiger partial charge is 0.332 e. The van der Waals surface area contributed by atoms with Gasteiger partial charge < -0.3 is 9.80 Å². The second-order valence-corrected chi connectivity index (χ2v) is 9.61. The van der Waals surface area contributed by atoms with Crippen LogP contribution in [0.15, 0.2) is 65.7 Å². The zero-order valence-electron chi connectivity index (χ0n) is 18.0. The minimum atomic E-state index is -0.689. The van der Waals surface area contributed by atoms with Crippen LogP contribution in [0.2, 0.25) is 0 Å². The third-order valence-corrected chi connectivity index (χ3v) is 7.81. The number of pyridine rings is 1. The molecule has 4 amide bonds. The van der Waals surface area contributed by atoms with Gasteiger partial charge >= 0.3 is 6.03 Å². The Morgan fingerprint density at radius 2 is 1.82 bits per heavy atom. The van der Waals surface area contributed by atoms with Crippen molar-refractivity contribution in [1.29, 1.82) is 5.26 Å². The second-order valence-electron chi connectivity index (χ2n) is 8.56. The molecule has 9 heteroatoms. The van der Waals surface area contributed by atoms with Crippen LogP contribution in [-0.4, -0.2) is 63.1 Å². The lowest BCUT2D eigenvalue weighted by molar-refractivity contribution is -0.133. The molecule has 0 spiro atoms. The Labute approximate surface area is 199 Å². The Bertz CT molecular complexity index is 1390. The fourth-order valence-corrected chi connectivity index (χ4v) is 6.16. The fourth-order valence-electron chi connectivity index (χ4n) is 5.36. The third-order valence-electron chi connectivity index (χ3n) is 6.81. The van der Waals surface area contributed by atoms with Gasteiger partial charge in [-0.25, -0.2) is 14.7 Å². The van der Waals surface area contributed by atoms with Gasteiger partial charge in [-0.3, -0.25) is 9.59 Å². The van der Waals surface area contributed by atoms with Crippen molar-refractivity contribution in [2.24, 2.45) is 0 Å². The Morgan fingerprint density at radius 3 is 2.59 bits per heavy atom. The third kappa shape index (κ3) is 2.99. The maximum atomic E-state index is 13.6. The number of imide groups is 1. The summed E-state index contributed by atoms with van der Waals surface area (Å²) < 4.78 is 0. The van der Waals surface area contributed by atoms with E-state index in [0.717, 1.165) is 4.90 Å². The lowest BCUT2D eigenvalue weighted by Gasteiger charge is -2.34. The zero-order valence-corrected chi connectivity index (χ0v) is 18.8. The summed E-state index contributed by atoms with van der Waals surface area (Å²) in [5.74, 6) is -0.0803. The van der Waals surface area contributed by atoms with Crippen LogP contribution >= 0.6 is 11.8 Å². The minimum absolute atomic E-state index is 0.0230. The number of anilines is 1. The van der Waals surface area contributed by atoms with E-state index in [-0.39, 0.29) is 41.4 Å². The average Bonchev–Trinajstić information content (AvgIpc) is 3.54. The molecule has 8 nitrogen and oxygen atoms in total. The van der Waals surface area contributed by atoms with Gasteiger partial charge in [-0.2, -0.15) is 5.26 Å². The maximum Gasteiger partial charge on any atom is 0.332 e. The molecular formula is C25H19N5O3S. The number of amides is 4. The van der Waals surface area contributed by atoms with Gasteiger partial charge in [0.25, 0.3) is 5.91 Å². The fraction of sp³-hybridized carbons (Fsp3) is 0.240. The quantitative estimate of drug-likeness (QED) is 0.430. The predicted molar refractivity (Wildman–Crippen MR) is 126 cm³/mol. The largest absolute Gasteiger partial charge is 0.334 e. The molecular weight excluding hydrogens is 450 g/mol. The number of carbonyl (C=O) groups excluding carboxylic acids is 3. The summed E-state index contributed by atoms with van der Waals surface area (Å²) in [6, 6.07) is 17.3. The van der Waals surface area contributed by atoms with Crippen LogP contribution in [0.3, 0.4) is 0 Å². The van der Waals surface area contributed by atoms with Crippen LogP contribution in [0, 0.1) is 11.3 Å². The van der Waals surface area contributed by atoms with Crippen molar-refractivity contribution in [2.45, 2.75) is 29.4 Å². The highest BCUT2D eigenvalue weighted by atomic mass is 32.2. The van der Waals surface area contributed by atoms with Gasteiger partial charge in [0, 0.05) is 22.2 Å². The van der Waals surface area contributed by atoms with Gasteiger partial charge in [0.15, 0.2) is 0 Å². The number of thioether (sulfide) groups is 1. The van der Waals surface area contributed by atoms with Crippen molar-refractivity contribution in [3.8, 4) is 6.07 Å². The van der Waals surface area contributed by atoms with Gasteiger partial charge in [-0.1, -0.05) is 42.5 Å². The first-order valence-electron chi connectivity index (χ1n) is 11.0. The molecule has 0 radical (unpaired) electrons. The van der Waals surface area contributed by atoms with Crippen LogP contribution in [0.4, 0.5) is 10.5 Å². The highest BCUT2D eigenvalue weighted by Gasteiger charge is 2.63. The van der Waals surface area contributed by atoms with Crippen molar-refractivity contribution >= 4 is 46.1 Å². The van der Waals surface area contributed by atoms with Gasteiger partial charge in [-0.15, -0.1) is 11.8 Å². The van der Waals surface area contributed by atoms with E-state index >= 15 is 0 Å². The number of carbonyl (C=O) groups is 3. The highest BCUT2D eigenvalue weighted by Crippen LogP contribution is 2.43. The number of hydrogen-bond acceptors (Lipinski definition) is 6. The molecule has 2 bridgehead atoms. The van der Waals surface area contributed by atoms with Crippen molar-refractivity contribution in [2.75, 3.05) is 17.2 Å². The first kappa shape index (κ1) is 20.7. The number of hydrogen-bond donors (Lipinski definition) is 0. The first-order chi connectivity index (χ1) is 16.6. The lowest BCUT2D eigenvalue weighted by atomic mass is 10.1. The van der Waals surface area contributed by atoms with Crippen molar-refractivity contribution < 1.29 is 14.4 Å². The van der Waals surface area contributed by atoms with Crippen LogP contribution in [0.25, 0.3) is 10.8 Å². The number of piperazine rings is 1. The Kier molecular flexibility index (Phi) is 4.78. The SMILES string of the molecule is N#Cc1ncc(N2C(=O)[C@@H]3C4C[C@H](CN4C(=O)CSc4ccccc4)N3C2=O)c2ccccc12. The second kappa shape index (κ2) is 7.85. The Balaban J connectivity index is 1.27. The molecule has 3 fully saturated rings. The number of rotatable bonds is 4. The van der Waals surface area contributed by atoms with Crippen LogP contribution in [0.5, 0.6) is 0 Å². The molecule has 3 atom stereocenters. The van der Waals surface area contributed by atoms with Crippen LogP contribution < -0.4 is 4.90 Å². The Hall–Kier alpha value is -3.90. The van der Waals surface area contributed by atoms with E-state index in [1.165, 1.54) is 22.9 Å². The normalized spacial score (nSPS) is 23.0. The lowest BCUT2D eigenvalue weighted by Crippen LogP contribution is -2.55. The number of fused-ring (bicyclic) bond motifs is 6. The van der Waals surface area contributed by atoms with E-state index in [2.05, 4.69) is 11.1 Å². The molecule has 4 heterocycles. The highest BCUT2D eigenvalue weighted by molar-refractivity contribution is 8.00. The van der Waals surface area contributed by atoms with Crippen LogP contribution in [-0.2, 0) is 9.59 Å². The van der Waals surface area contributed by atoms with E-state index in [9.17, 15) is 19.6 Å². The summed E-state index contributed by atoms with van der Waals surface area (Å²) in [5, 5.41) is 10.6. The summed E-state index contributed by atoms with van der Waals surface area (Å²) >= 11 is 1.47. The standard InChI is InChI=1S/C25H19N5O3S/c26-11-19-17-8-4-5-9-18(17)21(12-27-19)30-24(32)23-20-10-15(29(23)25(30)33)13-28(20)22(31)14-34-16-6-2-1-3-7-16/h1-9,12,15,20,23H,10,13-14H2/t15-,20?,23+/m1/s1. The number of benzene rings is 2. The van der Waals surface area contributed by atoms with Gasteiger partial charge in [0.1, 0.15) is 17.8 Å². The molecule has 0 N–H and O–H groups in total. The maximum absolute atomic E-state index is 13.6. The summed E-state index contributed by atoms with van der Waals surface area (Å²) in [4.78, 5) is 49.8. The molecule has 1 unspecified atom stereocenters. The molecule has 168 valence electrons. The predicted octanol–water partition coefficient (Wildman–Crippen LogP) is 3.02. The van der Waals surface area contributed by atoms with E-state index in [4.69, 9.17) is 0 Å². The number of aromatic nitrogens is 1.